The summed E-state index contributed by atoms with van der Waals surface area (Å²) in [5.41, 5.74) is 2.71. The molecule has 0 heterocycles. The lowest BCUT2D eigenvalue weighted by atomic mass is 10.1. The third-order valence-corrected chi connectivity index (χ3v) is 5.43. The van der Waals surface area contributed by atoms with Crippen LogP contribution in [0.5, 0.6) is 0 Å². The van der Waals surface area contributed by atoms with E-state index in [4.69, 9.17) is 23.8 Å². The first-order valence-electron chi connectivity index (χ1n) is 7.31. The summed E-state index contributed by atoms with van der Waals surface area (Å²) in [5, 5.41) is 7.45. The van der Waals surface area contributed by atoms with Crippen molar-refractivity contribution in [3.8, 4) is 0 Å². The second kappa shape index (κ2) is 7.51. The molecule has 1 atom stereocenters. The van der Waals surface area contributed by atoms with Gasteiger partial charge in [0.25, 0.3) is 0 Å². The summed E-state index contributed by atoms with van der Waals surface area (Å²) in [6, 6.07) is 12.3. The van der Waals surface area contributed by atoms with E-state index in [0.29, 0.717) is 15.0 Å². The Morgan fingerprint density at radius 2 is 1.79 bits per heavy atom. The molecule has 0 aromatic heterocycles. The number of rotatable bonds is 4. The number of hydrogen-bond donors (Lipinski definition) is 2. The summed E-state index contributed by atoms with van der Waals surface area (Å²) in [5.74, 6) is 0. The zero-order valence-electron chi connectivity index (χ0n) is 13.6. The summed E-state index contributed by atoms with van der Waals surface area (Å²) in [6.07, 6.45) is 1.19. The summed E-state index contributed by atoms with van der Waals surface area (Å²) in [6.45, 7) is 3.87. The van der Waals surface area contributed by atoms with Gasteiger partial charge in [-0.25, -0.2) is 8.42 Å². The van der Waals surface area contributed by atoms with Crippen molar-refractivity contribution in [3.05, 3.63) is 58.6 Å². The molecule has 0 saturated carbocycles. The lowest BCUT2D eigenvalue weighted by Crippen LogP contribution is -2.31. The van der Waals surface area contributed by atoms with Gasteiger partial charge in [-0.05, 0) is 61.5 Å². The van der Waals surface area contributed by atoms with Gasteiger partial charge in [-0.1, -0.05) is 29.8 Å². The quantitative estimate of drug-likeness (QED) is 0.779. The van der Waals surface area contributed by atoms with Crippen molar-refractivity contribution in [2.75, 3.05) is 11.6 Å². The largest absolute Gasteiger partial charge is 0.356 e. The minimum Gasteiger partial charge on any atom is -0.356 e. The summed E-state index contributed by atoms with van der Waals surface area (Å²) in [7, 11) is -3.19. The predicted octanol–water partition coefficient (Wildman–Crippen LogP) is 4.10. The van der Waals surface area contributed by atoms with Crippen molar-refractivity contribution >= 4 is 44.5 Å². The van der Waals surface area contributed by atoms with Gasteiger partial charge in [0.05, 0.1) is 10.9 Å². The standard InChI is InChI=1S/C17H19ClN2O2S2/c1-11-15(18)5-4-6-16(11)20-17(23)19-12(2)13-7-9-14(10-8-13)24(3,21)22/h4-10,12H,1-3H3,(H2,19,20,23)/t12-/m1/s1. The minimum atomic E-state index is -3.19. The number of anilines is 1. The molecule has 24 heavy (non-hydrogen) atoms. The monoisotopic (exact) mass is 382 g/mol. The Morgan fingerprint density at radius 1 is 1.17 bits per heavy atom. The highest BCUT2D eigenvalue weighted by atomic mass is 35.5. The van der Waals surface area contributed by atoms with Crippen molar-refractivity contribution in [2.24, 2.45) is 0 Å². The zero-order valence-corrected chi connectivity index (χ0v) is 16.0. The normalized spacial score (nSPS) is 12.5. The molecule has 7 heteroatoms. The van der Waals surface area contributed by atoms with E-state index in [1.165, 1.54) is 6.26 Å². The van der Waals surface area contributed by atoms with Crippen molar-refractivity contribution in [3.63, 3.8) is 0 Å². The van der Waals surface area contributed by atoms with Crippen LogP contribution < -0.4 is 10.6 Å². The second-order valence-corrected chi connectivity index (χ2v) is 8.40. The van der Waals surface area contributed by atoms with Crippen LogP contribution in [0.15, 0.2) is 47.4 Å². The van der Waals surface area contributed by atoms with Crippen LogP contribution in [-0.2, 0) is 9.84 Å². The average Bonchev–Trinajstić information content (AvgIpc) is 2.51. The average molecular weight is 383 g/mol. The number of hydrogen-bond acceptors (Lipinski definition) is 3. The Balaban J connectivity index is 2.05. The van der Waals surface area contributed by atoms with E-state index in [-0.39, 0.29) is 6.04 Å². The molecule has 4 nitrogen and oxygen atoms in total. The highest BCUT2D eigenvalue weighted by molar-refractivity contribution is 7.90. The molecule has 0 aliphatic rings. The van der Waals surface area contributed by atoms with Gasteiger partial charge in [0.2, 0.25) is 0 Å². The maximum Gasteiger partial charge on any atom is 0.175 e. The van der Waals surface area contributed by atoms with Gasteiger partial charge in [0, 0.05) is 17.0 Å². The topological polar surface area (TPSA) is 58.2 Å². The smallest absolute Gasteiger partial charge is 0.175 e. The number of nitrogens with one attached hydrogen (secondary N) is 2. The van der Waals surface area contributed by atoms with Crippen LogP contribution in [-0.4, -0.2) is 19.8 Å². The molecule has 0 aliphatic carbocycles. The van der Waals surface area contributed by atoms with E-state index < -0.39 is 9.84 Å². The molecule has 0 amide bonds. The van der Waals surface area contributed by atoms with Crippen molar-refractivity contribution in [1.29, 1.82) is 0 Å². The van der Waals surface area contributed by atoms with E-state index in [1.807, 2.05) is 32.0 Å². The van der Waals surface area contributed by atoms with E-state index in [9.17, 15) is 8.42 Å². The number of thiocarbonyl (C=S) groups is 1. The van der Waals surface area contributed by atoms with Crippen LogP contribution >= 0.6 is 23.8 Å². The van der Waals surface area contributed by atoms with Crippen LogP contribution in [0.2, 0.25) is 5.02 Å². The van der Waals surface area contributed by atoms with Gasteiger partial charge < -0.3 is 10.6 Å². The molecule has 0 bridgehead atoms. The van der Waals surface area contributed by atoms with Crippen molar-refractivity contribution in [1.82, 2.24) is 5.32 Å². The third kappa shape index (κ3) is 4.69. The maximum atomic E-state index is 11.5. The van der Waals surface area contributed by atoms with E-state index in [1.54, 1.807) is 24.3 Å². The number of sulfone groups is 1. The second-order valence-electron chi connectivity index (χ2n) is 5.57. The third-order valence-electron chi connectivity index (χ3n) is 3.67. The lowest BCUT2D eigenvalue weighted by molar-refractivity contribution is 0.601. The zero-order chi connectivity index (χ0) is 17.9. The molecule has 2 aromatic rings. The molecule has 0 saturated heterocycles. The molecule has 0 aliphatic heterocycles. The van der Waals surface area contributed by atoms with Crippen LogP contribution in [0.1, 0.15) is 24.1 Å². The molecule has 2 rings (SSSR count). The molecular weight excluding hydrogens is 364 g/mol. The first-order valence-corrected chi connectivity index (χ1v) is 9.99. The maximum absolute atomic E-state index is 11.5. The SMILES string of the molecule is Cc1c(Cl)cccc1NC(=S)N[C@H](C)c1ccc(S(C)(=O)=O)cc1. The summed E-state index contributed by atoms with van der Waals surface area (Å²) in [4.78, 5) is 0.300. The van der Waals surface area contributed by atoms with Gasteiger partial charge in [0.1, 0.15) is 0 Å². The Morgan fingerprint density at radius 3 is 2.38 bits per heavy atom. The molecule has 2 aromatic carbocycles. The molecule has 0 radical (unpaired) electrons. The molecule has 0 spiro atoms. The van der Waals surface area contributed by atoms with E-state index in [0.717, 1.165) is 16.8 Å². The predicted molar refractivity (Wildman–Crippen MR) is 104 cm³/mol. The van der Waals surface area contributed by atoms with E-state index in [2.05, 4.69) is 10.6 Å². The van der Waals surface area contributed by atoms with Gasteiger partial charge in [0.15, 0.2) is 14.9 Å². The van der Waals surface area contributed by atoms with Crippen LogP contribution in [0.3, 0.4) is 0 Å². The minimum absolute atomic E-state index is 0.0712. The highest BCUT2D eigenvalue weighted by Crippen LogP contribution is 2.23. The van der Waals surface area contributed by atoms with Crippen LogP contribution in [0.4, 0.5) is 5.69 Å². The Kier molecular flexibility index (Phi) is 5.85. The number of halogens is 1. The van der Waals surface area contributed by atoms with Gasteiger partial charge in [-0.2, -0.15) is 0 Å². The lowest BCUT2D eigenvalue weighted by Gasteiger charge is -2.18. The van der Waals surface area contributed by atoms with Gasteiger partial charge >= 0.3 is 0 Å². The fraction of sp³-hybridized carbons (Fsp3) is 0.235. The Bertz CT molecular complexity index is 849. The number of benzene rings is 2. The van der Waals surface area contributed by atoms with Crippen molar-refractivity contribution in [2.45, 2.75) is 24.8 Å². The van der Waals surface area contributed by atoms with Gasteiger partial charge in [-0.15, -0.1) is 0 Å². The van der Waals surface area contributed by atoms with Crippen molar-refractivity contribution < 1.29 is 8.42 Å². The molecule has 128 valence electrons. The molecular formula is C17H19ClN2O2S2. The first-order chi connectivity index (χ1) is 11.2. The van der Waals surface area contributed by atoms with Crippen LogP contribution in [0.25, 0.3) is 0 Å². The summed E-state index contributed by atoms with van der Waals surface area (Å²) < 4.78 is 23.0. The Labute approximate surface area is 153 Å². The highest BCUT2D eigenvalue weighted by Gasteiger charge is 2.11. The van der Waals surface area contributed by atoms with Gasteiger partial charge in [-0.3, -0.25) is 0 Å². The molecule has 2 N–H and O–H groups in total. The Hall–Kier alpha value is -1.63. The van der Waals surface area contributed by atoms with E-state index >= 15 is 0 Å². The molecule has 0 unspecified atom stereocenters. The fourth-order valence-corrected chi connectivity index (χ4v) is 3.28. The summed E-state index contributed by atoms with van der Waals surface area (Å²) >= 11 is 11.4. The first kappa shape index (κ1) is 18.7. The fourth-order valence-electron chi connectivity index (χ4n) is 2.18. The molecule has 0 fully saturated rings. The van der Waals surface area contributed by atoms with Crippen LogP contribution in [0, 0.1) is 6.92 Å².